The van der Waals surface area contributed by atoms with Gasteiger partial charge < -0.3 is 10.3 Å². The summed E-state index contributed by atoms with van der Waals surface area (Å²) in [6.45, 7) is 0. The van der Waals surface area contributed by atoms with Gasteiger partial charge in [-0.1, -0.05) is 35.5 Å². The normalized spacial score (nSPS) is 17.9. The fourth-order valence-electron chi connectivity index (χ4n) is 2.33. The monoisotopic (exact) mass is 311 g/mol. The second kappa shape index (κ2) is 6.16. The summed E-state index contributed by atoms with van der Waals surface area (Å²) >= 11 is 1.69. The number of rotatable bonds is 4. The molecule has 1 saturated carbocycles. The van der Waals surface area contributed by atoms with E-state index in [1.54, 1.807) is 11.8 Å². The van der Waals surface area contributed by atoms with Crippen LogP contribution < -0.4 is 5.73 Å². The minimum absolute atomic E-state index is 0. The first-order valence-electron chi connectivity index (χ1n) is 6.44. The molecule has 0 radical (unpaired) electrons. The molecule has 0 amide bonds. The smallest absolute Gasteiger partial charge is 0.244 e. The number of aromatic nitrogens is 2. The topological polar surface area (TPSA) is 64.9 Å². The van der Waals surface area contributed by atoms with E-state index in [4.69, 9.17) is 10.3 Å². The lowest BCUT2D eigenvalue weighted by molar-refractivity contribution is 0.229. The Morgan fingerprint density at radius 1 is 1.30 bits per heavy atom. The Labute approximate surface area is 128 Å². The molecule has 2 aromatic rings. The van der Waals surface area contributed by atoms with Crippen molar-refractivity contribution in [1.29, 1.82) is 0 Å². The fraction of sp³-hybridized carbons (Fsp3) is 0.429. The third-order valence-corrected chi connectivity index (χ3v) is 4.64. The van der Waals surface area contributed by atoms with Crippen LogP contribution >= 0.6 is 24.2 Å². The van der Waals surface area contributed by atoms with Gasteiger partial charge in [-0.15, -0.1) is 24.2 Å². The van der Waals surface area contributed by atoms with Gasteiger partial charge in [0.1, 0.15) is 5.25 Å². The highest BCUT2D eigenvalue weighted by Gasteiger charge is 2.39. The molecule has 20 heavy (non-hydrogen) atoms. The van der Waals surface area contributed by atoms with Crippen molar-refractivity contribution in [1.82, 2.24) is 10.1 Å². The lowest BCUT2D eigenvalue weighted by atomic mass is 9.77. The average Bonchev–Trinajstić information content (AvgIpc) is 2.88. The van der Waals surface area contributed by atoms with Crippen LogP contribution in [0.3, 0.4) is 0 Å². The standard InChI is InChI=1S/C14H17N3OS.ClH/c1-19-11(10-6-3-2-4-7-10)12-16-13(17-18-12)14(15)8-5-9-14;/h2-4,6-7,11H,5,8-9,15H2,1H3;1H. The summed E-state index contributed by atoms with van der Waals surface area (Å²) in [5, 5.41) is 4.15. The van der Waals surface area contributed by atoms with E-state index in [2.05, 4.69) is 22.3 Å². The van der Waals surface area contributed by atoms with Crippen molar-refractivity contribution in [3.8, 4) is 0 Å². The van der Waals surface area contributed by atoms with E-state index in [9.17, 15) is 0 Å². The van der Waals surface area contributed by atoms with Gasteiger partial charge in [-0.2, -0.15) is 4.98 Å². The number of hydrogen-bond donors (Lipinski definition) is 1. The minimum atomic E-state index is -0.360. The number of thioether (sulfide) groups is 1. The van der Waals surface area contributed by atoms with Gasteiger partial charge in [0.2, 0.25) is 5.89 Å². The molecule has 0 bridgehead atoms. The third-order valence-electron chi connectivity index (χ3n) is 3.70. The predicted octanol–water partition coefficient (Wildman–Crippen LogP) is 3.28. The van der Waals surface area contributed by atoms with E-state index in [-0.39, 0.29) is 23.2 Å². The summed E-state index contributed by atoms with van der Waals surface area (Å²) in [6, 6.07) is 10.2. The lowest BCUT2D eigenvalue weighted by Crippen LogP contribution is -2.44. The molecule has 6 heteroatoms. The van der Waals surface area contributed by atoms with Crippen LogP contribution in [-0.4, -0.2) is 16.4 Å². The SMILES string of the molecule is CSC(c1ccccc1)c1nc(C2(N)CCC2)no1.Cl. The Hall–Kier alpha value is -1.04. The molecule has 108 valence electrons. The van der Waals surface area contributed by atoms with Crippen molar-refractivity contribution in [2.24, 2.45) is 5.73 Å². The van der Waals surface area contributed by atoms with Crippen LogP contribution in [0.15, 0.2) is 34.9 Å². The molecule has 0 saturated heterocycles. The molecule has 0 spiro atoms. The van der Waals surface area contributed by atoms with Crippen molar-refractivity contribution in [2.75, 3.05) is 6.26 Å². The van der Waals surface area contributed by atoms with Gasteiger partial charge in [0.25, 0.3) is 0 Å². The molecular formula is C14H18ClN3OS. The average molecular weight is 312 g/mol. The molecule has 1 fully saturated rings. The Bertz CT molecular complexity index is 557. The fourth-order valence-corrected chi connectivity index (χ4v) is 3.06. The summed E-state index contributed by atoms with van der Waals surface area (Å²) < 4.78 is 5.43. The van der Waals surface area contributed by atoms with Gasteiger partial charge in [0.15, 0.2) is 5.82 Å². The zero-order valence-electron chi connectivity index (χ0n) is 11.3. The summed E-state index contributed by atoms with van der Waals surface area (Å²) in [5.41, 5.74) is 7.04. The molecule has 0 aliphatic heterocycles. The first-order chi connectivity index (χ1) is 9.23. The van der Waals surface area contributed by atoms with Gasteiger partial charge in [0, 0.05) is 0 Å². The van der Waals surface area contributed by atoms with Gasteiger partial charge in [-0.05, 0) is 31.1 Å². The van der Waals surface area contributed by atoms with E-state index in [0.717, 1.165) is 19.3 Å². The van der Waals surface area contributed by atoms with Gasteiger partial charge in [-0.25, -0.2) is 0 Å². The number of hydrogen-bond acceptors (Lipinski definition) is 5. The highest BCUT2D eigenvalue weighted by Crippen LogP contribution is 2.39. The molecule has 1 aliphatic rings. The molecule has 1 aromatic carbocycles. The maximum Gasteiger partial charge on any atom is 0.244 e. The number of benzene rings is 1. The largest absolute Gasteiger partial charge is 0.338 e. The summed E-state index contributed by atoms with van der Waals surface area (Å²) in [7, 11) is 0. The first kappa shape index (κ1) is 15.4. The predicted molar refractivity (Wildman–Crippen MR) is 83.1 cm³/mol. The highest BCUT2D eigenvalue weighted by atomic mass is 35.5. The minimum Gasteiger partial charge on any atom is -0.338 e. The van der Waals surface area contributed by atoms with Crippen LogP contribution in [0.25, 0.3) is 0 Å². The molecule has 2 N–H and O–H groups in total. The molecule has 1 atom stereocenters. The van der Waals surface area contributed by atoms with E-state index in [0.29, 0.717) is 11.7 Å². The maximum atomic E-state index is 6.23. The molecule has 1 aromatic heterocycles. The summed E-state index contributed by atoms with van der Waals surface area (Å²) in [4.78, 5) is 4.53. The van der Waals surface area contributed by atoms with E-state index in [1.807, 2.05) is 24.5 Å². The molecule has 1 aliphatic carbocycles. The van der Waals surface area contributed by atoms with Crippen molar-refractivity contribution < 1.29 is 4.52 Å². The van der Waals surface area contributed by atoms with Crippen LogP contribution in [0.5, 0.6) is 0 Å². The van der Waals surface area contributed by atoms with Crippen molar-refractivity contribution in [2.45, 2.75) is 30.1 Å². The highest BCUT2D eigenvalue weighted by molar-refractivity contribution is 7.99. The number of halogens is 1. The Morgan fingerprint density at radius 2 is 2.00 bits per heavy atom. The molecule has 1 unspecified atom stereocenters. The zero-order chi connectivity index (χ0) is 13.3. The molecule has 4 nitrogen and oxygen atoms in total. The quantitative estimate of drug-likeness (QED) is 0.938. The van der Waals surface area contributed by atoms with E-state index >= 15 is 0 Å². The zero-order valence-corrected chi connectivity index (χ0v) is 12.9. The van der Waals surface area contributed by atoms with E-state index in [1.165, 1.54) is 5.56 Å². The van der Waals surface area contributed by atoms with Crippen molar-refractivity contribution in [3.63, 3.8) is 0 Å². The van der Waals surface area contributed by atoms with Gasteiger partial charge in [-0.3, -0.25) is 0 Å². The molecular weight excluding hydrogens is 294 g/mol. The van der Waals surface area contributed by atoms with Gasteiger partial charge in [0.05, 0.1) is 5.54 Å². The summed E-state index contributed by atoms with van der Waals surface area (Å²) in [6.07, 6.45) is 5.08. The number of nitrogens with two attached hydrogens (primary N) is 1. The van der Waals surface area contributed by atoms with Crippen LogP contribution in [0, 0.1) is 0 Å². The Kier molecular flexibility index (Phi) is 4.73. The van der Waals surface area contributed by atoms with Crippen molar-refractivity contribution in [3.05, 3.63) is 47.6 Å². The number of nitrogens with zero attached hydrogens (tertiary/aromatic N) is 2. The van der Waals surface area contributed by atoms with E-state index < -0.39 is 0 Å². The Balaban J connectivity index is 0.00000147. The lowest BCUT2D eigenvalue weighted by Gasteiger charge is -2.34. The van der Waals surface area contributed by atoms with Crippen LogP contribution in [-0.2, 0) is 5.54 Å². The second-order valence-electron chi connectivity index (χ2n) is 4.99. The third kappa shape index (κ3) is 2.71. The van der Waals surface area contributed by atoms with Gasteiger partial charge >= 0.3 is 0 Å². The van der Waals surface area contributed by atoms with Crippen molar-refractivity contribution >= 4 is 24.2 Å². The molecule has 1 heterocycles. The second-order valence-corrected chi connectivity index (χ2v) is 5.94. The Morgan fingerprint density at radius 3 is 2.55 bits per heavy atom. The summed E-state index contributed by atoms with van der Waals surface area (Å²) in [5.74, 6) is 1.30. The van der Waals surface area contributed by atoms with Crippen LogP contribution in [0.4, 0.5) is 0 Å². The molecule has 3 rings (SSSR count). The maximum absolute atomic E-state index is 6.23. The van der Waals surface area contributed by atoms with Crippen LogP contribution in [0.1, 0.15) is 41.8 Å². The first-order valence-corrected chi connectivity index (χ1v) is 7.72. The van der Waals surface area contributed by atoms with Crippen LogP contribution in [0.2, 0.25) is 0 Å².